The molecule has 130 valence electrons. The maximum atomic E-state index is 11.2. The fourth-order valence-electron chi connectivity index (χ4n) is 2.59. The second-order valence-corrected chi connectivity index (χ2v) is 7.42. The molecule has 0 radical (unpaired) electrons. The number of para-hydroxylation sites is 1. The van der Waals surface area contributed by atoms with Crippen LogP contribution < -0.4 is 4.90 Å². The molecule has 0 aromatic heterocycles. The minimum atomic E-state index is -4.18. The molecular weight excluding hydrogens is 354 g/mol. The molecule has 1 aliphatic carbocycles. The molecule has 0 saturated carbocycles. The van der Waals surface area contributed by atoms with E-state index in [1.807, 2.05) is 6.07 Å². The molecule has 6 nitrogen and oxygen atoms in total. The zero-order valence-corrected chi connectivity index (χ0v) is 14.4. The van der Waals surface area contributed by atoms with Gasteiger partial charge in [-0.3, -0.25) is 9.35 Å². The van der Waals surface area contributed by atoms with Crippen molar-refractivity contribution < 1.29 is 22.9 Å². The zero-order valence-electron chi connectivity index (χ0n) is 12.8. The van der Waals surface area contributed by atoms with Gasteiger partial charge in [0.1, 0.15) is 6.54 Å². The fourth-order valence-corrected chi connectivity index (χ4v) is 4.04. The van der Waals surface area contributed by atoms with Crippen molar-refractivity contribution in [2.75, 3.05) is 23.1 Å². The number of halogens is 1. The van der Waals surface area contributed by atoms with Gasteiger partial charge < -0.3 is 10.0 Å². The van der Waals surface area contributed by atoms with Gasteiger partial charge in [-0.05, 0) is 24.6 Å². The highest BCUT2D eigenvalue weighted by atomic mass is 35.5. The summed E-state index contributed by atoms with van der Waals surface area (Å²) in [6, 6.07) is 9.02. The molecule has 2 rings (SSSR count). The minimum Gasteiger partial charge on any atom is -0.480 e. The molecule has 0 saturated heterocycles. The quantitative estimate of drug-likeness (QED) is 0.565. The van der Waals surface area contributed by atoms with Crippen molar-refractivity contribution in [2.24, 2.45) is 5.41 Å². The third-order valence-corrected chi connectivity index (χ3v) is 5.21. The number of alkyl halides is 1. The molecule has 1 aromatic rings. The van der Waals surface area contributed by atoms with Crippen LogP contribution in [0.4, 0.5) is 5.69 Å². The number of aliphatic carboxylic acids is 1. The monoisotopic (exact) mass is 371 g/mol. The first-order chi connectivity index (χ1) is 11.2. The summed E-state index contributed by atoms with van der Waals surface area (Å²) < 4.78 is 31.5. The van der Waals surface area contributed by atoms with Gasteiger partial charge in [-0.25, -0.2) is 0 Å². The van der Waals surface area contributed by atoms with Gasteiger partial charge in [0.25, 0.3) is 10.1 Å². The molecule has 24 heavy (non-hydrogen) atoms. The van der Waals surface area contributed by atoms with Crippen LogP contribution in [0.5, 0.6) is 0 Å². The molecule has 1 unspecified atom stereocenters. The Labute approximate surface area is 145 Å². The van der Waals surface area contributed by atoms with Crippen molar-refractivity contribution >= 4 is 33.4 Å². The van der Waals surface area contributed by atoms with E-state index in [9.17, 15) is 13.2 Å². The fraction of sp³-hybridized carbons (Fsp3) is 0.312. The Morgan fingerprint density at radius 2 is 1.96 bits per heavy atom. The van der Waals surface area contributed by atoms with Gasteiger partial charge in [-0.1, -0.05) is 30.4 Å². The lowest BCUT2D eigenvalue weighted by molar-refractivity contribution is -0.135. The Morgan fingerprint density at radius 3 is 2.42 bits per heavy atom. The molecule has 1 aromatic carbocycles. The molecule has 0 fully saturated rings. The summed E-state index contributed by atoms with van der Waals surface area (Å²) in [5, 5.41) is 9.15. The van der Waals surface area contributed by atoms with Crippen LogP contribution in [0.25, 0.3) is 0 Å². The summed E-state index contributed by atoms with van der Waals surface area (Å²) in [5.41, 5.74) is 0.452. The highest BCUT2D eigenvalue weighted by Crippen LogP contribution is 2.34. The smallest absolute Gasteiger partial charge is 0.323 e. The predicted molar refractivity (Wildman–Crippen MR) is 92.8 cm³/mol. The average Bonchev–Trinajstić information content (AvgIpc) is 2.53. The SMILES string of the molecule is O=C(O)CN(C1=CCC(CCl)(CS(=O)(=O)O)C=C1)c1ccccc1. The molecule has 0 spiro atoms. The highest BCUT2D eigenvalue weighted by molar-refractivity contribution is 7.85. The first-order valence-electron chi connectivity index (χ1n) is 7.20. The van der Waals surface area contributed by atoms with Crippen molar-refractivity contribution in [1.82, 2.24) is 0 Å². The van der Waals surface area contributed by atoms with Crippen LogP contribution in [0.15, 0.2) is 54.3 Å². The van der Waals surface area contributed by atoms with E-state index >= 15 is 0 Å². The lowest BCUT2D eigenvalue weighted by atomic mass is 9.84. The van der Waals surface area contributed by atoms with Crippen LogP contribution >= 0.6 is 11.6 Å². The van der Waals surface area contributed by atoms with Crippen molar-refractivity contribution in [3.63, 3.8) is 0 Å². The molecule has 0 aliphatic heterocycles. The standard InChI is InChI=1S/C16H18ClNO5S/c17-11-16(12-24(21,22)23)8-6-14(7-9-16)18(10-15(19)20)13-4-2-1-3-5-13/h1-8H,9-12H2,(H,19,20)(H,21,22,23). The normalized spacial score (nSPS) is 20.5. The van der Waals surface area contributed by atoms with E-state index in [1.54, 1.807) is 47.4 Å². The van der Waals surface area contributed by atoms with Crippen LogP contribution in [0, 0.1) is 5.41 Å². The van der Waals surface area contributed by atoms with Crippen molar-refractivity contribution in [3.8, 4) is 0 Å². The first kappa shape index (κ1) is 18.5. The summed E-state index contributed by atoms with van der Waals surface area (Å²) in [7, 11) is -4.18. The minimum absolute atomic E-state index is 0.0251. The Kier molecular flexibility index (Phi) is 5.69. The Morgan fingerprint density at radius 1 is 1.29 bits per heavy atom. The van der Waals surface area contributed by atoms with E-state index in [0.717, 1.165) is 0 Å². The number of benzene rings is 1. The summed E-state index contributed by atoms with van der Waals surface area (Å²) in [6.07, 6.45) is 5.29. The summed E-state index contributed by atoms with van der Waals surface area (Å²) >= 11 is 5.91. The summed E-state index contributed by atoms with van der Waals surface area (Å²) in [6.45, 7) is -0.230. The van der Waals surface area contributed by atoms with E-state index < -0.39 is 27.3 Å². The number of allylic oxidation sites excluding steroid dienone is 3. The Bertz CT molecular complexity index is 760. The maximum Gasteiger partial charge on any atom is 0.323 e. The largest absolute Gasteiger partial charge is 0.480 e. The van der Waals surface area contributed by atoms with Crippen LogP contribution in [0.2, 0.25) is 0 Å². The van der Waals surface area contributed by atoms with E-state index in [-0.39, 0.29) is 18.8 Å². The molecule has 2 N–H and O–H groups in total. The summed E-state index contributed by atoms with van der Waals surface area (Å²) in [5.74, 6) is -1.44. The van der Waals surface area contributed by atoms with Crippen LogP contribution in [0.3, 0.4) is 0 Å². The number of hydrogen-bond donors (Lipinski definition) is 2. The molecule has 1 aliphatic rings. The van der Waals surface area contributed by atoms with Gasteiger partial charge >= 0.3 is 5.97 Å². The first-order valence-corrected chi connectivity index (χ1v) is 9.34. The van der Waals surface area contributed by atoms with Gasteiger partial charge in [0.15, 0.2) is 0 Å². The number of anilines is 1. The van der Waals surface area contributed by atoms with Crippen LogP contribution in [-0.4, -0.2) is 42.2 Å². The second-order valence-electron chi connectivity index (χ2n) is 5.70. The van der Waals surface area contributed by atoms with E-state index in [4.69, 9.17) is 21.3 Å². The number of carboxylic acid groups (broad SMARTS) is 1. The zero-order chi connectivity index (χ0) is 17.8. The van der Waals surface area contributed by atoms with Crippen LogP contribution in [0.1, 0.15) is 6.42 Å². The number of carboxylic acids is 1. The van der Waals surface area contributed by atoms with Gasteiger partial charge in [-0.2, -0.15) is 8.42 Å². The third-order valence-electron chi connectivity index (χ3n) is 3.73. The molecule has 0 amide bonds. The molecular formula is C16H18ClNO5S. The topological polar surface area (TPSA) is 94.9 Å². The Hall–Kier alpha value is -1.83. The number of carbonyl (C=O) groups is 1. The molecule has 0 heterocycles. The predicted octanol–water partition coefficient (Wildman–Crippen LogP) is 2.53. The third kappa shape index (κ3) is 4.83. The lowest BCUT2D eigenvalue weighted by Gasteiger charge is -2.32. The average molecular weight is 372 g/mol. The van der Waals surface area contributed by atoms with Crippen molar-refractivity contribution in [2.45, 2.75) is 6.42 Å². The van der Waals surface area contributed by atoms with Crippen LogP contribution in [-0.2, 0) is 14.9 Å². The van der Waals surface area contributed by atoms with Gasteiger partial charge in [0.2, 0.25) is 0 Å². The maximum absolute atomic E-state index is 11.2. The van der Waals surface area contributed by atoms with Crippen molar-refractivity contribution in [3.05, 3.63) is 54.3 Å². The summed E-state index contributed by atoms with van der Waals surface area (Å²) in [4.78, 5) is 12.8. The molecule has 8 heteroatoms. The number of rotatable bonds is 7. The number of nitrogens with zero attached hydrogens (tertiary/aromatic N) is 1. The van der Waals surface area contributed by atoms with E-state index in [1.165, 1.54) is 0 Å². The van der Waals surface area contributed by atoms with Gasteiger partial charge in [-0.15, -0.1) is 11.6 Å². The molecule has 0 bridgehead atoms. The Balaban J connectivity index is 2.28. The second kappa shape index (κ2) is 7.38. The van der Waals surface area contributed by atoms with Crippen molar-refractivity contribution in [1.29, 1.82) is 0 Å². The highest BCUT2D eigenvalue weighted by Gasteiger charge is 2.33. The van der Waals surface area contributed by atoms with Gasteiger partial charge in [0.05, 0.1) is 5.75 Å². The number of hydrogen-bond acceptors (Lipinski definition) is 4. The van der Waals surface area contributed by atoms with E-state index in [0.29, 0.717) is 11.4 Å². The van der Waals surface area contributed by atoms with Gasteiger partial charge in [0, 0.05) is 22.7 Å². The van der Waals surface area contributed by atoms with E-state index in [2.05, 4.69) is 0 Å². The molecule has 1 atom stereocenters. The lowest BCUT2D eigenvalue weighted by Crippen LogP contribution is -2.34.